The first kappa shape index (κ1) is 17.4. The first-order chi connectivity index (χ1) is 13.1. The summed E-state index contributed by atoms with van der Waals surface area (Å²) in [5.41, 5.74) is 6.32. The van der Waals surface area contributed by atoms with Crippen LogP contribution in [0.5, 0.6) is 0 Å². The van der Waals surface area contributed by atoms with E-state index >= 15 is 0 Å². The van der Waals surface area contributed by atoms with Crippen LogP contribution >= 0.6 is 11.3 Å². The molecule has 0 bridgehead atoms. The number of carbonyl (C=O) groups excluding carboxylic acids is 2. The quantitative estimate of drug-likeness (QED) is 0.751. The Balaban J connectivity index is 1.75. The maximum absolute atomic E-state index is 13.1. The average Bonchev–Trinajstić information content (AvgIpc) is 3.37. The van der Waals surface area contributed by atoms with E-state index in [0.29, 0.717) is 18.8 Å². The van der Waals surface area contributed by atoms with Crippen LogP contribution in [0.2, 0.25) is 0 Å². The van der Waals surface area contributed by atoms with Crippen molar-refractivity contribution in [2.75, 3.05) is 6.54 Å². The first-order valence-corrected chi connectivity index (χ1v) is 9.70. The molecule has 1 unspecified atom stereocenters. The van der Waals surface area contributed by atoms with Crippen molar-refractivity contribution < 1.29 is 9.59 Å². The molecule has 1 saturated heterocycles. The van der Waals surface area contributed by atoms with Gasteiger partial charge in [-0.05, 0) is 42.8 Å². The molecule has 0 spiro atoms. The molecule has 1 aliphatic rings. The van der Waals surface area contributed by atoms with Gasteiger partial charge in [0.15, 0.2) is 5.82 Å². The van der Waals surface area contributed by atoms with Gasteiger partial charge in [-0.15, -0.1) is 16.4 Å². The monoisotopic (exact) mass is 381 g/mol. The SMILES string of the molecule is NC(=O)C1CCCCN1C(=O)c1nc(-c2cccs2)n(-c2ccccc2)n1. The highest BCUT2D eigenvalue weighted by Gasteiger charge is 2.33. The number of hydrogen-bond donors (Lipinski definition) is 1. The lowest BCUT2D eigenvalue weighted by Gasteiger charge is -2.32. The van der Waals surface area contributed by atoms with Gasteiger partial charge in [-0.2, -0.15) is 0 Å². The van der Waals surface area contributed by atoms with Crippen molar-refractivity contribution in [2.45, 2.75) is 25.3 Å². The zero-order valence-electron chi connectivity index (χ0n) is 14.6. The molecule has 2 aromatic heterocycles. The fourth-order valence-corrected chi connectivity index (χ4v) is 4.01. The van der Waals surface area contributed by atoms with Gasteiger partial charge in [0.2, 0.25) is 11.7 Å². The predicted molar refractivity (Wildman–Crippen MR) is 103 cm³/mol. The second-order valence-electron chi connectivity index (χ2n) is 6.40. The summed E-state index contributed by atoms with van der Waals surface area (Å²) in [6, 6.07) is 12.8. The Morgan fingerprint density at radius 2 is 1.93 bits per heavy atom. The number of benzene rings is 1. The van der Waals surface area contributed by atoms with Crippen molar-refractivity contribution in [1.29, 1.82) is 0 Å². The number of primary amides is 1. The Labute approximate surface area is 160 Å². The summed E-state index contributed by atoms with van der Waals surface area (Å²) < 4.78 is 1.67. The molecule has 0 radical (unpaired) electrons. The van der Waals surface area contributed by atoms with E-state index in [1.165, 1.54) is 16.2 Å². The lowest BCUT2D eigenvalue weighted by atomic mass is 10.0. The van der Waals surface area contributed by atoms with Crippen LogP contribution in [-0.2, 0) is 4.79 Å². The molecule has 1 fully saturated rings. The summed E-state index contributed by atoms with van der Waals surface area (Å²) in [7, 11) is 0. The largest absolute Gasteiger partial charge is 0.368 e. The van der Waals surface area contributed by atoms with E-state index in [4.69, 9.17) is 5.73 Å². The molecule has 2 amide bonds. The summed E-state index contributed by atoms with van der Waals surface area (Å²) in [5, 5.41) is 6.43. The standard InChI is InChI=1S/C19H19N5O2S/c20-16(25)14-9-4-5-11-23(14)19(26)17-21-18(15-10-6-12-27-15)24(22-17)13-7-2-1-3-8-13/h1-3,6-8,10,12,14H,4-5,9,11H2,(H2,20,25). The molecule has 0 aliphatic carbocycles. The lowest BCUT2D eigenvalue weighted by molar-refractivity contribution is -0.123. The summed E-state index contributed by atoms with van der Waals surface area (Å²) in [5.74, 6) is -0.155. The smallest absolute Gasteiger partial charge is 0.294 e. The topological polar surface area (TPSA) is 94.1 Å². The van der Waals surface area contributed by atoms with Gasteiger partial charge in [0.25, 0.3) is 5.91 Å². The van der Waals surface area contributed by atoms with Crippen molar-refractivity contribution in [3.05, 3.63) is 53.7 Å². The maximum atomic E-state index is 13.1. The third kappa shape index (κ3) is 3.35. The third-order valence-electron chi connectivity index (χ3n) is 4.63. The second-order valence-corrected chi connectivity index (χ2v) is 7.34. The van der Waals surface area contributed by atoms with E-state index in [1.54, 1.807) is 4.68 Å². The zero-order chi connectivity index (χ0) is 18.8. The number of nitrogens with two attached hydrogens (primary N) is 1. The molecule has 3 heterocycles. The Kier molecular flexibility index (Phi) is 4.72. The fraction of sp³-hybridized carbons (Fsp3) is 0.263. The summed E-state index contributed by atoms with van der Waals surface area (Å²) >= 11 is 1.53. The lowest BCUT2D eigenvalue weighted by Crippen LogP contribution is -2.50. The highest BCUT2D eigenvalue weighted by molar-refractivity contribution is 7.13. The Bertz CT molecular complexity index is 952. The van der Waals surface area contributed by atoms with Gasteiger partial charge in [-0.3, -0.25) is 9.59 Å². The molecular weight excluding hydrogens is 362 g/mol. The van der Waals surface area contributed by atoms with E-state index in [9.17, 15) is 9.59 Å². The number of piperidine rings is 1. The van der Waals surface area contributed by atoms with Crippen molar-refractivity contribution in [3.8, 4) is 16.4 Å². The van der Waals surface area contributed by atoms with Gasteiger partial charge in [-0.25, -0.2) is 9.67 Å². The van der Waals surface area contributed by atoms with Crippen LogP contribution < -0.4 is 5.73 Å². The molecule has 3 aromatic rings. The van der Waals surface area contributed by atoms with Gasteiger partial charge < -0.3 is 10.6 Å². The fourth-order valence-electron chi connectivity index (χ4n) is 3.32. The molecule has 2 N–H and O–H groups in total. The van der Waals surface area contributed by atoms with Gasteiger partial charge in [0, 0.05) is 6.54 Å². The minimum absolute atomic E-state index is 0.0791. The third-order valence-corrected chi connectivity index (χ3v) is 5.50. The highest BCUT2D eigenvalue weighted by atomic mass is 32.1. The van der Waals surface area contributed by atoms with Gasteiger partial charge in [-0.1, -0.05) is 24.3 Å². The molecule has 4 rings (SSSR count). The average molecular weight is 381 g/mol. The Morgan fingerprint density at radius 3 is 2.63 bits per heavy atom. The number of rotatable bonds is 4. The Morgan fingerprint density at radius 1 is 1.11 bits per heavy atom. The minimum Gasteiger partial charge on any atom is -0.368 e. The van der Waals surface area contributed by atoms with Crippen molar-refractivity contribution in [1.82, 2.24) is 19.7 Å². The van der Waals surface area contributed by atoms with Crippen LogP contribution in [0, 0.1) is 0 Å². The van der Waals surface area contributed by atoms with E-state index < -0.39 is 11.9 Å². The van der Waals surface area contributed by atoms with Gasteiger partial charge in [0.1, 0.15) is 6.04 Å². The highest BCUT2D eigenvalue weighted by Crippen LogP contribution is 2.26. The summed E-state index contributed by atoms with van der Waals surface area (Å²) in [6.07, 6.45) is 2.30. The molecule has 138 valence electrons. The predicted octanol–water partition coefficient (Wildman–Crippen LogP) is 2.48. The maximum Gasteiger partial charge on any atom is 0.294 e. The number of para-hydroxylation sites is 1. The number of thiophene rings is 1. The van der Waals surface area contributed by atoms with Gasteiger partial charge in [0.05, 0.1) is 10.6 Å². The van der Waals surface area contributed by atoms with Gasteiger partial charge >= 0.3 is 0 Å². The minimum atomic E-state index is -0.597. The van der Waals surface area contributed by atoms with Crippen LogP contribution in [0.1, 0.15) is 29.9 Å². The van der Waals surface area contributed by atoms with E-state index in [-0.39, 0.29) is 11.7 Å². The van der Waals surface area contributed by atoms with Crippen LogP contribution in [-0.4, -0.2) is 44.1 Å². The molecule has 1 atom stereocenters. The van der Waals surface area contributed by atoms with E-state index in [1.807, 2.05) is 47.8 Å². The number of aromatic nitrogens is 3. The zero-order valence-corrected chi connectivity index (χ0v) is 15.4. The van der Waals surface area contributed by atoms with Crippen LogP contribution in [0.25, 0.3) is 16.4 Å². The van der Waals surface area contributed by atoms with Crippen molar-refractivity contribution in [3.63, 3.8) is 0 Å². The normalized spacial score (nSPS) is 17.0. The van der Waals surface area contributed by atoms with Crippen LogP contribution in [0.3, 0.4) is 0 Å². The number of hydrogen-bond acceptors (Lipinski definition) is 5. The molecular formula is C19H19N5O2S. The summed E-state index contributed by atoms with van der Waals surface area (Å²) in [4.78, 5) is 31.8. The second kappa shape index (κ2) is 7.32. The van der Waals surface area contributed by atoms with Crippen molar-refractivity contribution in [2.24, 2.45) is 5.73 Å². The molecule has 1 aliphatic heterocycles. The van der Waals surface area contributed by atoms with E-state index in [2.05, 4.69) is 10.1 Å². The number of amides is 2. The van der Waals surface area contributed by atoms with E-state index in [0.717, 1.165) is 23.4 Å². The summed E-state index contributed by atoms with van der Waals surface area (Å²) in [6.45, 7) is 0.487. The van der Waals surface area contributed by atoms with Crippen molar-refractivity contribution >= 4 is 23.2 Å². The molecule has 7 nitrogen and oxygen atoms in total. The Hall–Kier alpha value is -3.00. The first-order valence-electron chi connectivity index (χ1n) is 8.82. The number of nitrogens with zero attached hydrogens (tertiary/aromatic N) is 4. The molecule has 27 heavy (non-hydrogen) atoms. The molecule has 0 saturated carbocycles. The molecule has 8 heteroatoms. The van der Waals surface area contributed by atoms with Crippen LogP contribution in [0.15, 0.2) is 47.8 Å². The molecule has 1 aromatic carbocycles. The van der Waals surface area contributed by atoms with Crippen LogP contribution in [0.4, 0.5) is 0 Å². The number of likely N-dealkylation sites (tertiary alicyclic amines) is 1. The number of carbonyl (C=O) groups is 2.